The van der Waals surface area contributed by atoms with E-state index in [0.717, 1.165) is 16.0 Å². The number of hydrogen-bond donors (Lipinski definition) is 2. The van der Waals surface area contributed by atoms with Crippen LogP contribution in [0.25, 0.3) is 0 Å². The highest BCUT2D eigenvalue weighted by atomic mass is 16.5. The summed E-state index contributed by atoms with van der Waals surface area (Å²) in [6.45, 7) is 1.27. The Bertz CT molecular complexity index is 719. The number of aliphatic hydroxyl groups excluding tert-OH is 1. The molecule has 2 saturated heterocycles. The predicted octanol–water partition coefficient (Wildman–Crippen LogP) is -0.226. The first kappa shape index (κ1) is 16.6. The van der Waals surface area contributed by atoms with E-state index in [1.807, 2.05) is 31.2 Å². The molecule has 4 atom stereocenters. The number of likely N-dealkylation sites (tertiary alicyclic amines) is 1. The third-order valence-corrected chi connectivity index (χ3v) is 5.20. The Hall–Kier alpha value is -2.25. The molecule has 128 valence electrons. The van der Waals surface area contributed by atoms with E-state index in [2.05, 4.69) is 5.32 Å². The normalized spacial score (nSPS) is 32.2. The fraction of sp³-hybridized carbons (Fsp3) is 0.471. The summed E-state index contributed by atoms with van der Waals surface area (Å²) in [7, 11) is 2.60. The van der Waals surface area contributed by atoms with E-state index in [0.29, 0.717) is 0 Å². The van der Waals surface area contributed by atoms with Gasteiger partial charge in [0.2, 0.25) is 11.8 Å². The zero-order valence-electron chi connectivity index (χ0n) is 13.8. The molecule has 0 aromatic heterocycles. The van der Waals surface area contributed by atoms with E-state index in [1.165, 1.54) is 14.2 Å². The number of carbonyl (C=O) groups excluding carboxylic acids is 3. The highest BCUT2D eigenvalue weighted by molar-refractivity contribution is 6.09. The van der Waals surface area contributed by atoms with Gasteiger partial charge >= 0.3 is 5.97 Å². The zero-order valence-corrected chi connectivity index (χ0v) is 13.8. The predicted molar refractivity (Wildman–Crippen MR) is 83.6 cm³/mol. The molecular formula is C17H20N2O5. The summed E-state index contributed by atoms with van der Waals surface area (Å²) in [5.74, 6) is -3.32. The maximum atomic E-state index is 12.6. The van der Waals surface area contributed by atoms with Gasteiger partial charge < -0.3 is 9.84 Å². The van der Waals surface area contributed by atoms with E-state index in [1.54, 1.807) is 0 Å². The number of nitrogens with zero attached hydrogens (tertiary/aromatic N) is 1. The molecule has 7 nitrogen and oxygen atoms in total. The molecular weight excluding hydrogens is 312 g/mol. The van der Waals surface area contributed by atoms with Crippen LogP contribution in [-0.2, 0) is 19.1 Å². The molecule has 2 aliphatic rings. The van der Waals surface area contributed by atoms with Crippen molar-refractivity contribution in [2.45, 2.75) is 18.5 Å². The Balaban J connectivity index is 2.17. The first-order chi connectivity index (χ1) is 11.4. The van der Waals surface area contributed by atoms with Crippen LogP contribution in [0.4, 0.5) is 0 Å². The maximum Gasteiger partial charge on any atom is 0.329 e. The molecule has 0 bridgehead atoms. The number of benzene rings is 1. The Kier molecular flexibility index (Phi) is 3.93. The average molecular weight is 332 g/mol. The van der Waals surface area contributed by atoms with Gasteiger partial charge in [0, 0.05) is 13.1 Å². The molecule has 2 heterocycles. The standard InChI is InChI=1S/C17H20N2O5/c1-9-6-4-5-7-10(9)13-11-12(15(22)19(2)14(11)21)17(8-20,18-13)16(23)24-3/h4-7,11-13,18,20H,8H2,1-3H3/t11-,12+,13+,17+/m1/s1. The summed E-state index contributed by atoms with van der Waals surface area (Å²) in [5.41, 5.74) is 0.134. The zero-order chi connectivity index (χ0) is 17.6. The number of carbonyl (C=O) groups is 3. The molecule has 24 heavy (non-hydrogen) atoms. The van der Waals surface area contributed by atoms with E-state index >= 15 is 0 Å². The lowest BCUT2D eigenvalue weighted by Crippen LogP contribution is -2.58. The first-order valence-corrected chi connectivity index (χ1v) is 7.73. The van der Waals surface area contributed by atoms with Gasteiger partial charge in [-0.15, -0.1) is 0 Å². The van der Waals surface area contributed by atoms with Crippen LogP contribution in [0.5, 0.6) is 0 Å². The van der Waals surface area contributed by atoms with Gasteiger partial charge in [0.25, 0.3) is 0 Å². The molecule has 1 aromatic carbocycles. The monoisotopic (exact) mass is 332 g/mol. The summed E-state index contributed by atoms with van der Waals surface area (Å²) in [4.78, 5) is 38.7. The largest absolute Gasteiger partial charge is 0.468 e. The highest BCUT2D eigenvalue weighted by Gasteiger charge is 2.68. The topological polar surface area (TPSA) is 95.9 Å². The second-order valence-corrected chi connectivity index (χ2v) is 6.34. The van der Waals surface area contributed by atoms with E-state index in [9.17, 15) is 19.5 Å². The number of ether oxygens (including phenoxy) is 1. The highest BCUT2D eigenvalue weighted by Crippen LogP contribution is 2.49. The van der Waals surface area contributed by atoms with Gasteiger partial charge in [-0.05, 0) is 18.1 Å². The third kappa shape index (κ3) is 2.01. The first-order valence-electron chi connectivity index (χ1n) is 7.73. The Labute approximate surface area is 139 Å². The van der Waals surface area contributed by atoms with Crippen molar-refractivity contribution >= 4 is 17.8 Å². The number of nitrogens with one attached hydrogen (secondary N) is 1. The minimum Gasteiger partial charge on any atom is -0.468 e. The van der Waals surface area contributed by atoms with Crippen molar-refractivity contribution in [3.05, 3.63) is 35.4 Å². The molecule has 0 spiro atoms. The molecule has 1 aromatic rings. The lowest BCUT2D eigenvalue weighted by molar-refractivity contribution is -0.156. The van der Waals surface area contributed by atoms with Crippen LogP contribution < -0.4 is 5.32 Å². The van der Waals surface area contributed by atoms with Crippen LogP contribution in [-0.4, -0.2) is 54.1 Å². The lowest BCUT2D eigenvalue weighted by atomic mass is 9.79. The van der Waals surface area contributed by atoms with Crippen molar-refractivity contribution < 1.29 is 24.2 Å². The molecule has 0 saturated carbocycles. The summed E-state index contributed by atoms with van der Waals surface area (Å²) in [5, 5.41) is 13.0. The summed E-state index contributed by atoms with van der Waals surface area (Å²) in [6, 6.07) is 6.90. The van der Waals surface area contributed by atoms with Crippen molar-refractivity contribution in [2.75, 3.05) is 20.8 Å². The van der Waals surface area contributed by atoms with Gasteiger partial charge in [0.05, 0.1) is 25.6 Å². The van der Waals surface area contributed by atoms with Gasteiger partial charge in [-0.3, -0.25) is 19.8 Å². The number of aryl methyl sites for hydroxylation is 1. The van der Waals surface area contributed by atoms with Gasteiger partial charge in [-0.25, -0.2) is 4.79 Å². The molecule has 7 heteroatoms. The number of methoxy groups -OCH3 is 1. The van der Waals surface area contributed by atoms with E-state index < -0.39 is 41.9 Å². The number of aliphatic hydroxyl groups is 1. The van der Waals surface area contributed by atoms with Crippen molar-refractivity contribution in [1.29, 1.82) is 0 Å². The molecule has 2 aliphatic heterocycles. The van der Waals surface area contributed by atoms with E-state index in [-0.39, 0.29) is 5.91 Å². The number of rotatable bonds is 3. The Morgan fingerprint density at radius 1 is 1.33 bits per heavy atom. The minimum absolute atomic E-state index is 0.356. The number of esters is 1. The second-order valence-electron chi connectivity index (χ2n) is 6.34. The van der Waals surface area contributed by atoms with Crippen LogP contribution in [0.2, 0.25) is 0 Å². The third-order valence-electron chi connectivity index (χ3n) is 5.20. The van der Waals surface area contributed by atoms with Gasteiger partial charge in [-0.2, -0.15) is 0 Å². The molecule has 0 unspecified atom stereocenters. The summed E-state index contributed by atoms with van der Waals surface area (Å²) in [6.07, 6.45) is 0. The fourth-order valence-electron chi connectivity index (χ4n) is 3.93. The quantitative estimate of drug-likeness (QED) is 0.587. The summed E-state index contributed by atoms with van der Waals surface area (Å²) >= 11 is 0. The van der Waals surface area contributed by atoms with Gasteiger partial charge in [-0.1, -0.05) is 24.3 Å². The van der Waals surface area contributed by atoms with Crippen molar-refractivity contribution in [2.24, 2.45) is 11.8 Å². The number of imide groups is 1. The number of fused-ring (bicyclic) bond motifs is 1. The van der Waals surface area contributed by atoms with Crippen LogP contribution >= 0.6 is 0 Å². The number of amides is 2. The number of hydrogen-bond acceptors (Lipinski definition) is 6. The molecule has 3 rings (SSSR count). The molecule has 2 amide bonds. The van der Waals surface area contributed by atoms with Crippen LogP contribution in [0, 0.1) is 18.8 Å². The van der Waals surface area contributed by atoms with Crippen molar-refractivity contribution in [3.8, 4) is 0 Å². The second kappa shape index (κ2) is 5.68. The van der Waals surface area contributed by atoms with Crippen LogP contribution in [0.15, 0.2) is 24.3 Å². The fourth-order valence-corrected chi connectivity index (χ4v) is 3.93. The van der Waals surface area contributed by atoms with Crippen molar-refractivity contribution in [1.82, 2.24) is 10.2 Å². The maximum absolute atomic E-state index is 12.6. The van der Waals surface area contributed by atoms with Crippen molar-refractivity contribution in [3.63, 3.8) is 0 Å². The molecule has 0 aliphatic carbocycles. The molecule has 2 fully saturated rings. The Morgan fingerprint density at radius 3 is 2.58 bits per heavy atom. The minimum atomic E-state index is -1.62. The van der Waals surface area contributed by atoms with Gasteiger partial charge in [0.1, 0.15) is 0 Å². The van der Waals surface area contributed by atoms with Crippen LogP contribution in [0.3, 0.4) is 0 Å². The van der Waals surface area contributed by atoms with Gasteiger partial charge in [0.15, 0.2) is 5.54 Å². The smallest absolute Gasteiger partial charge is 0.329 e. The molecule has 0 radical (unpaired) electrons. The Morgan fingerprint density at radius 2 is 2.00 bits per heavy atom. The lowest BCUT2D eigenvalue weighted by Gasteiger charge is -2.30. The average Bonchev–Trinajstić information content (AvgIpc) is 3.05. The van der Waals surface area contributed by atoms with Crippen LogP contribution in [0.1, 0.15) is 17.2 Å². The summed E-state index contributed by atoms with van der Waals surface area (Å²) < 4.78 is 4.83. The SMILES string of the molecule is COC(=O)[C@@]1(CO)N[C@@H](c2ccccc2C)[C@@H]2C(=O)N(C)C(=O)[C@H]21. The van der Waals surface area contributed by atoms with E-state index in [4.69, 9.17) is 4.74 Å². The molecule has 2 N–H and O–H groups in total.